The summed E-state index contributed by atoms with van der Waals surface area (Å²) in [5.41, 5.74) is 5.88. The number of carbonyl (C=O) groups is 12. The highest BCUT2D eigenvalue weighted by atomic mass is 16.4. The second-order valence-electron chi connectivity index (χ2n) is 13.8. The van der Waals surface area contributed by atoms with E-state index in [0.29, 0.717) is 0 Å². The summed E-state index contributed by atoms with van der Waals surface area (Å²) < 4.78 is 0. The van der Waals surface area contributed by atoms with Gasteiger partial charge < -0.3 is 68.3 Å². The van der Waals surface area contributed by atoms with E-state index >= 15 is 0 Å². The highest BCUT2D eigenvalue weighted by molar-refractivity contribution is 5.97. The van der Waals surface area contributed by atoms with Crippen LogP contribution in [0.25, 0.3) is 0 Å². The van der Waals surface area contributed by atoms with Gasteiger partial charge in [0.15, 0.2) is 0 Å². The Bertz CT molecular complexity index is 1570. The molecular weight excluding hydrogens is 794 g/mol. The maximum atomic E-state index is 13.6. The summed E-state index contributed by atoms with van der Waals surface area (Å²) in [6.07, 6.45) is -6.71. The van der Waals surface area contributed by atoms with Gasteiger partial charge in [0.2, 0.25) is 35.4 Å². The molecule has 0 saturated carbocycles. The summed E-state index contributed by atoms with van der Waals surface area (Å²) in [5, 5.41) is 68.2. The Hall–Kier alpha value is -6.40. The van der Waals surface area contributed by atoms with Crippen LogP contribution in [0.3, 0.4) is 0 Å². The fourth-order valence-electron chi connectivity index (χ4n) is 5.04. The molecule has 0 bridgehead atoms. The van der Waals surface area contributed by atoms with Crippen LogP contribution in [0, 0.1) is 5.92 Å². The van der Waals surface area contributed by atoms with E-state index in [1.54, 1.807) is 13.8 Å². The molecule has 25 nitrogen and oxygen atoms in total. The topological polar surface area (TPSA) is 424 Å². The van der Waals surface area contributed by atoms with Crippen LogP contribution in [0.1, 0.15) is 91.4 Å². The summed E-state index contributed by atoms with van der Waals surface area (Å²) in [6, 6.07) is -11.5. The Balaban J connectivity index is 6.59. The summed E-state index contributed by atoms with van der Waals surface area (Å²) in [6.45, 7) is 4.59. The smallest absolute Gasteiger partial charge is 0.325 e. The molecule has 0 aliphatic heterocycles. The number of aliphatic carboxylic acids is 6. The van der Waals surface area contributed by atoms with E-state index in [-0.39, 0.29) is 12.3 Å². The highest BCUT2D eigenvalue weighted by Gasteiger charge is 2.34. The molecule has 6 amide bonds. The van der Waals surface area contributed by atoms with Crippen molar-refractivity contribution in [3.05, 3.63) is 0 Å². The normalized spacial score (nSPS) is 14.4. The van der Waals surface area contributed by atoms with Crippen LogP contribution in [0.5, 0.6) is 0 Å². The molecule has 14 N–H and O–H groups in total. The van der Waals surface area contributed by atoms with Crippen LogP contribution < -0.4 is 37.6 Å². The van der Waals surface area contributed by atoms with Crippen molar-refractivity contribution in [3.8, 4) is 0 Å². The molecule has 25 heteroatoms. The van der Waals surface area contributed by atoms with Crippen molar-refractivity contribution in [2.24, 2.45) is 11.7 Å². The Morgan fingerprint density at radius 2 is 0.610 bits per heavy atom. The number of hydrogen-bond acceptors (Lipinski definition) is 13. The number of carboxylic acid groups (broad SMARTS) is 6. The summed E-state index contributed by atoms with van der Waals surface area (Å²) in [4.78, 5) is 147. The molecule has 0 radical (unpaired) electrons. The number of nitrogens with two attached hydrogens (primary N) is 1. The van der Waals surface area contributed by atoms with Gasteiger partial charge in [0, 0.05) is 32.1 Å². The van der Waals surface area contributed by atoms with E-state index < -0.39 is 178 Å². The molecule has 7 atom stereocenters. The molecule has 0 rings (SSSR count). The SMILES string of the molecule is CC(C)C[C@H](N)C(=O)N[C@@H](CCC(=O)O)C(=O)N[C@@H](CCC(=O)O)C(=O)N[C@@H](CCC(=O)O)C(=O)N[C@@H](CCC(=O)O)C(=O)N[C@@H](CCC(=O)O)C(=O)N[C@@H](C)C(=O)O. The first-order chi connectivity index (χ1) is 27.3. The zero-order valence-corrected chi connectivity index (χ0v) is 32.6. The first kappa shape index (κ1) is 52.6. The van der Waals surface area contributed by atoms with Gasteiger partial charge in [-0.15, -0.1) is 0 Å². The third-order valence-corrected chi connectivity index (χ3v) is 8.19. The van der Waals surface area contributed by atoms with Crippen LogP contribution in [0.15, 0.2) is 0 Å². The molecule has 0 aromatic heterocycles. The Kier molecular flexibility index (Phi) is 23.6. The Labute approximate surface area is 336 Å². The van der Waals surface area contributed by atoms with Crippen LogP contribution >= 0.6 is 0 Å². The zero-order valence-electron chi connectivity index (χ0n) is 32.6. The third kappa shape index (κ3) is 22.8. The molecule has 0 heterocycles. The maximum absolute atomic E-state index is 13.6. The van der Waals surface area contributed by atoms with E-state index in [4.69, 9.17) is 15.9 Å². The maximum Gasteiger partial charge on any atom is 0.325 e. The van der Waals surface area contributed by atoms with Crippen LogP contribution in [0.2, 0.25) is 0 Å². The fraction of sp³-hybridized carbons (Fsp3) is 0.647. The van der Waals surface area contributed by atoms with Crippen LogP contribution in [0.4, 0.5) is 0 Å². The van der Waals surface area contributed by atoms with Gasteiger partial charge in [-0.05, 0) is 51.4 Å². The Morgan fingerprint density at radius 1 is 0.390 bits per heavy atom. The first-order valence-electron chi connectivity index (χ1n) is 18.2. The lowest BCUT2D eigenvalue weighted by Crippen LogP contribution is -2.60. The fourth-order valence-corrected chi connectivity index (χ4v) is 5.04. The molecular formula is C34H53N7O18. The van der Waals surface area contributed by atoms with Gasteiger partial charge in [0.1, 0.15) is 36.3 Å². The molecule has 0 aromatic rings. The second-order valence-corrected chi connectivity index (χ2v) is 13.8. The van der Waals surface area contributed by atoms with Crippen molar-refractivity contribution in [1.29, 1.82) is 0 Å². The van der Waals surface area contributed by atoms with Gasteiger partial charge in [-0.3, -0.25) is 57.5 Å². The largest absolute Gasteiger partial charge is 0.481 e. The molecule has 0 aromatic carbocycles. The lowest BCUT2D eigenvalue weighted by molar-refractivity contribution is -0.142. The lowest BCUT2D eigenvalue weighted by atomic mass is 10.0. The number of amides is 6. The van der Waals surface area contributed by atoms with Crippen LogP contribution in [-0.2, 0) is 57.5 Å². The average molecular weight is 848 g/mol. The van der Waals surface area contributed by atoms with Gasteiger partial charge in [0.25, 0.3) is 0 Å². The van der Waals surface area contributed by atoms with E-state index in [9.17, 15) is 78.0 Å². The second kappa shape index (κ2) is 26.5. The third-order valence-electron chi connectivity index (χ3n) is 8.19. The first-order valence-corrected chi connectivity index (χ1v) is 18.2. The summed E-state index contributed by atoms with van der Waals surface area (Å²) in [7, 11) is 0. The number of carboxylic acids is 6. The van der Waals surface area contributed by atoms with Crippen molar-refractivity contribution in [1.82, 2.24) is 31.9 Å². The number of rotatable bonds is 30. The Morgan fingerprint density at radius 3 is 0.814 bits per heavy atom. The van der Waals surface area contributed by atoms with Gasteiger partial charge in [-0.2, -0.15) is 0 Å². The molecule has 0 aliphatic rings. The highest BCUT2D eigenvalue weighted by Crippen LogP contribution is 2.10. The summed E-state index contributed by atoms with van der Waals surface area (Å²) >= 11 is 0. The number of nitrogens with one attached hydrogen (secondary N) is 6. The minimum atomic E-state index is -1.89. The molecule has 0 spiro atoms. The lowest BCUT2D eigenvalue weighted by Gasteiger charge is -2.27. The van der Waals surface area contributed by atoms with Crippen molar-refractivity contribution in [3.63, 3.8) is 0 Å². The molecule has 0 saturated heterocycles. The van der Waals surface area contributed by atoms with Crippen molar-refractivity contribution >= 4 is 71.3 Å². The van der Waals surface area contributed by atoms with E-state index in [1.165, 1.54) is 0 Å². The van der Waals surface area contributed by atoms with Crippen molar-refractivity contribution < 1.29 is 88.2 Å². The van der Waals surface area contributed by atoms with Crippen LogP contribution in [-0.4, -0.2) is 144 Å². The molecule has 0 fully saturated rings. The predicted molar refractivity (Wildman–Crippen MR) is 197 cm³/mol. The van der Waals surface area contributed by atoms with E-state index in [1.807, 2.05) is 5.32 Å². The minimum Gasteiger partial charge on any atom is -0.481 e. The average Bonchev–Trinajstić information content (AvgIpc) is 3.11. The monoisotopic (exact) mass is 847 g/mol. The quantitative estimate of drug-likeness (QED) is 0.0337. The predicted octanol–water partition coefficient (Wildman–Crippen LogP) is -3.30. The number of carbonyl (C=O) groups excluding carboxylic acids is 6. The molecule has 332 valence electrons. The minimum absolute atomic E-state index is 0.0548. The van der Waals surface area contributed by atoms with Crippen molar-refractivity contribution in [2.45, 2.75) is 134 Å². The molecule has 0 aliphatic carbocycles. The van der Waals surface area contributed by atoms with Gasteiger partial charge in [-0.1, -0.05) is 13.8 Å². The van der Waals surface area contributed by atoms with Crippen molar-refractivity contribution in [2.75, 3.05) is 0 Å². The zero-order chi connectivity index (χ0) is 45.6. The van der Waals surface area contributed by atoms with Gasteiger partial charge >= 0.3 is 35.8 Å². The molecule has 0 unspecified atom stereocenters. The standard InChI is InChI=1S/C34H53N7O18/c1-15(2)14-17(35)28(52)37-19(5-10-24(44)45)30(54)39-21(7-12-26(48)49)32(56)41-22(8-13-27(50)51)33(57)40-20(6-11-25(46)47)31(55)38-18(4-9-23(42)43)29(53)36-16(3)34(58)59/h15-22H,4-14,35H2,1-3H3,(H,36,53)(H,37,52)(H,38,55)(H,39,54)(H,40,57)(H,41,56)(H,42,43)(H,44,45)(H,46,47)(H,48,49)(H,50,51)(H,58,59)/t16-,17-,18-,19-,20-,21-,22-/m0/s1. The summed E-state index contributed by atoms with van der Waals surface area (Å²) in [5.74, 6) is -15.7. The number of hydrogen-bond donors (Lipinski definition) is 13. The van der Waals surface area contributed by atoms with E-state index in [2.05, 4.69) is 26.6 Å². The van der Waals surface area contributed by atoms with E-state index in [0.717, 1.165) is 6.92 Å². The molecule has 59 heavy (non-hydrogen) atoms. The van der Waals surface area contributed by atoms with Gasteiger partial charge in [-0.25, -0.2) is 0 Å². The van der Waals surface area contributed by atoms with Gasteiger partial charge in [0.05, 0.1) is 6.04 Å².